The molecule has 1 aliphatic heterocycles. The Morgan fingerprint density at radius 2 is 1.84 bits per heavy atom. The zero-order valence-electron chi connectivity index (χ0n) is 17.5. The summed E-state index contributed by atoms with van der Waals surface area (Å²) in [5.41, 5.74) is 1.67. The number of sulfonamides is 1. The molecule has 1 atom stereocenters. The van der Waals surface area contributed by atoms with Crippen molar-refractivity contribution in [3.05, 3.63) is 87.4 Å². The minimum Gasteiger partial charge on any atom is -0.379 e. The Hall–Kier alpha value is -2.59. The van der Waals surface area contributed by atoms with Gasteiger partial charge >= 0.3 is 0 Å². The molecule has 1 saturated heterocycles. The number of benzene rings is 2. The van der Waals surface area contributed by atoms with Crippen molar-refractivity contribution in [3.63, 3.8) is 0 Å². The van der Waals surface area contributed by atoms with Gasteiger partial charge in [0.15, 0.2) is 0 Å². The zero-order valence-corrected chi connectivity index (χ0v) is 19.1. The van der Waals surface area contributed by atoms with Crippen molar-refractivity contribution in [2.45, 2.75) is 17.9 Å². The van der Waals surface area contributed by atoms with Gasteiger partial charge in [-0.1, -0.05) is 24.3 Å². The number of nitrogens with zero attached hydrogens (tertiary/aromatic N) is 1. The summed E-state index contributed by atoms with van der Waals surface area (Å²) in [6.07, 6.45) is 0. The molecular weight excluding hydrogens is 451 g/mol. The highest BCUT2D eigenvalue weighted by atomic mass is 32.2. The average molecular weight is 475 g/mol. The van der Waals surface area contributed by atoms with E-state index in [1.54, 1.807) is 25.1 Å². The second-order valence-electron chi connectivity index (χ2n) is 7.47. The van der Waals surface area contributed by atoms with E-state index in [1.807, 2.05) is 17.5 Å². The van der Waals surface area contributed by atoms with E-state index in [9.17, 15) is 17.6 Å². The molecule has 0 bridgehead atoms. The van der Waals surface area contributed by atoms with Gasteiger partial charge in [0.2, 0.25) is 10.0 Å². The molecule has 3 aromatic rings. The molecule has 4 rings (SSSR count). The zero-order chi connectivity index (χ0) is 22.7. The second-order valence-corrected chi connectivity index (χ2v) is 10.4. The standard InChI is InChI=1S/C23H23FN2O4S2/c1-16-4-9-19(32(28,29)26-10-12-30-13-11-26)15-20(16)23(27)25-22(21-3-2-14-31-21)17-5-7-18(24)8-6-17/h2-9,14-15,22H,10-13H2,1H3,(H,25,27)/t22-/m0/s1. The first-order chi connectivity index (χ1) is 15.4. The van der Waals surface area contributed by atoms with Crippen molar-refractivity contribution >= 4 is 27.3 Å². The number of carbonyl (C=O) groups excluding carboxylic acids is 1. The molecule has 2 heterocycles. The van der Waals surface area contributed by atoms with Gasteiger partial charge in [0, 0.05) is 23.5 Å². The number of hydrogen-bond donors (Lipinski definition) is 1. The van der Waals surface area contributed by atoms with Crippen LogP contribution >= 0.6 is 11.3 Å². The minimum absolute atomic E-state index is 0.0737. The SMILES string of the molecule is Cc1ccc(S(=O)(=O)N2CCOCC2)cc1C(=O)N[C@@H](c1ccc(F)cc1)c1cccs1. The van der Waals surface area contributed by atoms with Crippen LogP contribution in [0.25, 0.3) is 0 Å². The average Bonchev–Trinajstić information content (AvgIpc) is 3.33. The van der Waals surface area contributed by atoms with Crippen molar-refractivity contribution in [2.75, 3.05) is 26.3 Å². The van der Waals surface area contributed by atoms with E-state index in [4.69, 9.17) is 4.74 Å². The number of morpholine rings is 1. The van der Waals surface area contributed by atoms with Crippen molar-refractivity contribution in [2.24, 2.45) is 0 Å². The summed E-state index contributed by atoms with van der Waals surface area (Å²) in [5.74, 6) is -0.758. The fraction of sp³-hybridized carbons (Fsp3) is 0.261. The fourth-order valence-corrected chi connectivity index (χ4v) is 5.82. The first-order valence-corrected chi connectivity index (χ1v) is 12.5. The molecule has 168 valence electrons. The first kappa shape index (κ1) is 22.6. The smallest absolute Gasteiger partial charge is 0.252 e. The lowest BCUT2D eigenvalue weighted by atomic mass is 10.0. The van der Waals surface area contributed by atoms with Crippen LogP contribution in [-0.4, -0.2) is 44.9 Å². The van der Waals surface area contributed by atoms with Crippen LogP contribution in [0.5, 0.6) is 0 Å². The normalized spacial score (nSPS) is 15.9. The van der Waals surface area contributed by atoms with Gasteiger partial charge in [-0.05, 0) is 53.8 Å². The Balaban J connectivity index is 1.64. The molecule has 1 aliphatic rings. The van der Waals surface area contributed by atoms with Gasteiger partial charge in [-0.15, -0.1) is 11.3 Å². The van der Waals surface area contributed by atoms with E-state index in [-0.39, 0.29) is 29.4 Å². The Bertz CT molecular complexity index is 1190. The number of nitrogens with one attached hydrogen (secondary N) is 1. The Morgan fingerprint density at radius 3 is 2.50 bits per heavy atom. The van der Waals surface area contributed by atoms with E-state index in [0.717, 1.165) is 10.4 Å². The summed E-state index contributed by atoms with van der Waals surface area (Å²) in [4.78, 5) is 14.2. The Labute approximate surface area is 190 Å². The first-order valence-electron chi connectivity index (χ1n) is 10.1. The lowest BCUT2D eigenvalue weighted by Crippen LogP contribution is -2.40. The predicted molar refractivity (Wildman–Crippen MR) is 121 cm³/mol. The molecule has 0 aliphatic carbocycles. The third-order valence-corrected chi connectivity index (χ3v) is 8.20. The lowest BCUT2D eigenvalue weighted by Gasteiger charge is -2.26. The minimum atomic E-state index is -3.73. The number of thiophene rings is 1. The molecule has 1 fully saturated rings. The molecule has 1 amide bonds. The van der Waals surface area contributed by atoms with Crippen LogP contribution in [0.4, 0.5) is 4.39 Å². The highest BCUT2D eigenvalue weighted by Gasteiger charge is 2.28. The van der Waals surface area contributed by atoms with E-state index in [1.165, 1.54) is 39.9 Å². The summed E-state index contributed by atoms with van der Waals surface area (Å²) in [7, 11) is -3.73. The van der Waals surface area contributed by atoms with Crippen LogP contribution in [0.15, 0.2) is 64.9 Å². The highest BCUT2D eigenvalue weighted by molar-refractivity contribution is 7.89. The molecule has 1 aromatic heterocycles. The number of ether oxygens (including phenoxy) is 1. The number of halogens is 1. The maximum absolute atomic E-state index is 13.4. The summed E-state index contributed by atoms with van der Waals surface area (Å²) < 4.78 is 46.1. The summed E-state index contributed by atoms with van der Waals surface area (Å²) in [5, 5.41) is 4.89. The second kappa shape index (κ2) is 9.50. The van der Waals surface area contributed by atoms with Gasteiger partial charge in [-0.2, -0.15) is 4.31 Å². The monoisotopic (exact) mass is 474 g/mol. The molecule has 9 heteroatoms. The molecule has 0 spiro atoms. The summed E-state index contributed by atoms with van der Waals surface area (Å²) >= 11 is 1.47. The van der Waals surface area contributed by atoms with E-state index in [0.29, 0.717) is 18.8 Å². The number of rotatable bonds is 6. The maximum Gasteiger partial charge on any atom is 0.252 e. The van der Waals surface area contributed by atoms with Crippen LogP contribution < -0.4 is 5.32 Å². The van der Waals surface area contributed by atoms with Crippen LogP contribution in [0.3, 0.4) is 0 Å². The molecule has 6 nitrogen and oxygen atoms in total. The molecule has 1 N–H and O–H groups in total. The third-order valence-electron chi connectivity index (χ3n) is 5.37. The van der Waals surface area contributed by atoms with Gasteiger partial charge in [0.1, 0.15) is 5.82 Å². The van der Waals surface area contributed by atoms with Crippen molar-refractivity contribution in [1.82, 2.24) is 9.62 Å². The Kier molecular flexibility index (Phi) is 6.71. The number of amides is 1. The van der Waals surface area contributed by atoms with Gasteiger partial charge in [0.25, 0.3) is 5.91 Å². The Morgan fingerprint density at radius 1 is 1.12 bits per heavy atom. The summed E-state index contributed by atoms with van der Waals surface area (Å²) in [6.45, 7) is 3.01. The fourth-order valence-electron chi connectivity index (χ4n) is 3.58. The van der Waals surface area contributed by atoms with Crippen LogP contribution in [0.2, 0.25) is 0 Å². The van der Waals surface area contributed by atoms with Crippen molar-refractivity contribution in [1.29, 1.82) is 0 Å². The number of aryl methyl sites for hydroxylation is 1. The van der Waals surface area contributed by atoms with Gasteiger partial charge < -0.3 is 10.1 Å². The molecule has 0 unspecified atom stereocenters. The maximum atomic E-state index is 13.4. The molecule has 32 heavy (non-hydrogen) atoms. The predicted octanol–water partition coefficient (Wildman–Crippen LogP) is 3.74. The third kappa shape index (κ3) is 4.75. The van der Waals surface area contributed by atoms with Crippen molar-refractivity contribution < 1.29 is 22.3 Å². The molecule has 0 radical (unpaired) electrons. The quantitative estimate of drug-likeness (QED) is 0.591. The topological polar surface area (TPSA) is 75.7 Å². The van der Waals surface area contributed by atoms with Crippen LogP contribution in [-0.2, 0) is 14.8 Å². The van der Waals surface area contributed by atoms with E-state index >= 15 is 0 Å². The largest absolute Gasteiger partial charge is 0.379 e. The van der Waals surface area contributed by atoms with Crippen LogP contribution in [0, 0.1) is 12.7 Å². The van der Waals surface area contributed by atoms with E-state index < -0.39 is 22.0 Å². The molecule has 0 saturated carbocycles. The highest BCUT2D eigenvalue weighted by Crippen LogP contribution is 2.28. The number of hydrogen-bond acceptors (Lipinski definition) is 5. The van der Waals surface area contributed by atoms with Gasteiger partial charge in [-0.3, -0.25) is 4.79 Å². The van der Waals surface area contributed by atoms with Crippen LogP contribution in [0.1, 0.15) is 32.4 Å². The number of carbonyl (C=O) groups is 1. The lowest BCUT2D eigenvalue weighted by molar-refractivity contribution is 0.0730. The van der Waals surface area contributed by atoms with Gasteiger partial charge in [-0.25, -0.2) is 12.8 Å². The summed E-state index contributed by atoms with van der Waals surface area (Å²) in [6, 6.07) is 13.8. The molecular formula is C23H23FN2O4S2. The molecule has 2 aromatic carbocycles. The van der Waals surface area contributed by atoms with Crippen molar-refractivity contribution in [3.8, 4) is 0 Å². The van der Waals surface area contributed by atoms with Gasteiger partial charge in [0.05, 0.1) is 24.2 Å². The van der Waals surface area contributed by atoms with E-state index in [2.05, 4.69) is 5.32 Å².